The third-order valence-corrected chi connectivity index (χ3v) is 5.33. The Hall–Kier alpha value is -0.120. The van der Waals surface area contributed by atoms with Gasteiger partial charge >= 0.3 is 0 Å². The molecule has 3 nitrogen and oxygen atoms in total. The molecule has 3 aliphatic rings. The zero-order chi connectivity index (χ0) is 11.9. The fourth-order valence-corrected chi connectivity index (χ4v) is 4.11. The molecule has 98 valence electrons. The Morgan fingerprint density at radius 1 is 1.18 bits per heavy atom. The first kappa shape index (κ1) is 11.9. The standard InChI is InChI=1S/C14H24O3/c1-11-3-2-5-14(11,15)12-4-7-17-13(9-12)6-8-16-10-13/h11-12,15H,2-10H2,1H3. The highest BCUT2D eigenvalue weighted by molar-refractivity contribution is 5.01. The molecule has 3 heteroatoms. The van der Waals surface area contributed by atoms with E-state index in [2.05, 4.69) is 6.92 Å². The van der Waals surface area contributed by atoms with Crippen molar-refractivity contribution < 1.29 is 14.6 Å². The minimum Gasteiger partial charge on any atom is -0.389 e. The molecule has 4 unspecified atom stereocenters. The molecule has 3 fully saturated rings. The summed E-state index contributed by atoms with van der Waals surface area (Å²) in [6.45, 7) is 4.55. The Morgan fingerprint density at radius 2 is 2.06 bits per heavy atom. The Morgan fingerprint density at radius 3 is 2.71 bits per heavy atom. The molecule has 0 aromatic carbocycles. The number of rotatable bonds is 1. The fraction of sp³-hybridized carbons (Fsp3) is 1.00. The second-order valence-electron chi connectivity index (χ2n) is 6.31. The first-order valence-electron chi connectivity index (χ1n) is 7.09. The molecule has 1 aliphatic carbocycles. The molecule has 4 atom stereocenters. The van der Waals surface area contributed by atoms with E-state index < -0.39 is 5.60 Å². The van der Waals surface area contributed by atoms with Gasteiger partial charge in [-0.3, -0.25) is 0 Å². The molecule has 2 heterocycles. The predicted octanol–water partition coefficient (Wildman–Crippen LogP) is 2.12. The van der Waals surface area contributed by atoms with Crippen molar-refractivity contribution in [3.05, 3.63) is 0 Å². The summed E-state index contributed by atoms with van der Waals surface area (Å²) in [7, 11) is 0. The number of ether oxygens (including phenoxy) is 2. The molecule has 17 heavy (non-hydrogen) atoms. The quantitative estimate of drug-likeness (QED) is 0.763. The van der Waals surface area contributed by atoms with Gasteiger partial charge in [-0.25, -0.2) is 0 Å². The first-order valence-corrected chi connectivity index (χ1v) is 7.09. The van der Waals surface area contributed by atoms with Crippen molar-refractivity contribution in [1.82, 2.24) is 0 Å². The smallest absolute Gasteiger partial charge is 0.0940 e. The molecule has 1 spiro atoms. The van der Waals surface area contributed by atoms with Gasteiger partial charge in [0.1, 0.15) is 0 Å². The van der Waals surface area contributed by atoms with E-state index in [0.29, 0.717) is 11.8 Å². The zero-order valence-electron chi connectivity index (χ0n) is 10.8. The van der Waals surface area contributed by atoms with Gasteiger partial charge in [0.25, 0.3) is 0 Å². The van der Waals surface area contributed by atoms with Gasteiger partial charge in [-0.15, -0.1) is 0 Å². The van der Waals surface area contributed by atoms with Gasteiger partial charge in [0.05, 0.1) is 17.8 Å². The number of aliphatic hydroxyl groups is 1. The predicted molar refractivity (Wildman–Crippen MR) is 64.8 cm³/mol. The van der Waals surface area contributed by atoms with Crippen molar-refractivity contribution in [2.24, 2.45) is 11.8 Å². The zero-order valence-corrected chi connectivity index (χ0v) is 10.8. The molecule has 2 aliphatic heterocycles. The van der Waals surface area contributed by atoms with E-state index >= 15 is 0 Å². The lowest BCUT2D eigenvalue weighted by molar-refractivity contribution is -0.151. The number of hydrogen-bond donors (Lipinski definition) is 1. The maximum atomic E-state index is 10.9. The van der Waals surface area contributed by atoms with Crippen LogP contribution in [-0.4, -0.2) is 36.1 Å². The lowest BCUT2D eigenvalue weighted by Gasteiger charge is -2.45. The van der Waals surface area contributed by atoms with E-state index in [1.807, 2.05) is 0 Å². The van der Waals surface area contributed by atoms with Gasteiger partial charge in [0.2, 0.25) is 0 Å². The van der Waals surface area contributed by atoms with Crippen LogP contribution in [0.5, 0.6) is 0 Å². The Bertz CT molecular complexity index is 285. The summed E-state index contributed by atoms with van der Waals surface area (Å²) in [6, 6.07) is 0. The van der Waals surface area contributed by atoms with Crippen LogP contribution in [0.15, 0.2) is 0 Å². The van der Waals surface area contributed by atoms with E-state index in [1.54, 1.807) is 0 Å². The Labute approximate surface area is 103 Å². The maximum absolute atomic E-state index is 10.9. The summed E-state index contributed by atoms with van der Waals surface area (Å²) in [5, 5.41) is 10.9. The number of hydrogen-bond acceptors (Lipinski definition) is 3. The van der Waals surface area contributed by atoms with Crippen LogP contribution >= 0.6 is 0 Å². The fourth-order valence-electron chi connectivity index (χ4n) is 4.11. The Kier molecular flexibility index (Phi) is 2.96. The van der Waals surface area contributed by atoms with Crippen LogP contribution in [0.3, 0.4) is 0 Å². The molecule has 1 saturated carbocycles. The topological polar surface area (TPSA) is 38.7 Å². The second-order valence-corrected chi connectivity index (χ2v) is 6.31. The van der Waals surface area contributed by atoms with Crippen molar-refractivity contribution in [2.45, 2.75) is 56.7 Å². The highest BCUT2D eigenvalue weighted by Gasteiger charge is 2.51. The normalized spacial score (nSPS) is 51.2. The maximum Gasteiger partial charge on any atom is 0.0940 e. The highest BCUT2D eigenvalue weighted by Crippen LogP contribution is 2.48. The van der Waals surface area contributed by atoms with Crippen LogP contribution in [0.2, 0.25) is 0 Å². The average Bonchev–Trinajstić information content (AvgIpc) is 2.89. The van der Waals surface area contributed by atoms with E-state index in [4.69, 9.17) is 9.47 Å². The summed E-state index contributed by atoms with van der Waals surface area (Å²) in [6.07, 6.45) is 6.36. The van der Waals surface area contributed by atoms with Crippen LogP contribution < -0.4 is 0 Å². The van der Waals surface area contributed by atoms with Gasteiger partial charge in [0.15, 0.2) is 0 Å². The molecular formula is C14H24O3. The summed E-state index contributed by atoms with van der Waals surface area (Å²) < 4.78 is 11.5. The van der Waals surface area contributed by atoms with E-state index in [9.17, 15) is 5.11 Å². The van der Waals surface area contributed by atoms with Gasteiger partial charge in [0, 0.05) is 19.6 Å². The molecule has 0 aromatic rings. The van der Waals surface area contributed by atoms with Crippen molar-refractivity contribution in [1.29, 1.82) is 0 Å². The summed E-state index contributed by atoms with van der Waals surface area (Å²) in [4.78, 5) is 0. The third-order valence-electron chi connectivity index (χ3n) is 5.33. The van der Waals surface area contributed by atoms with Crippen LogP contribution in [0.1, 0.15) is 45.4 Å². The highest BCUT2D eigenvalue weighted by atomic mass is 16.6. The van der Waals surface area contributed by atoms with Crippen molar-refractivity contribution in [2.75, 3.05) is 19.8 Å². The lowest BCUT2D eigenvalue weighted by atomic mass is 9.71. The minimum atomic E-state index is -0.431. The summed E-state index contributed by atoms with van der Waals surface area (Å²) in [5.41, 5.74) is -0.500. The summed E-state index contributed by atoms with van der Waals surface area (Å²) >= 11 is 0. The van der Waals surface area contributed by atoms with Crippen molar-refractivity contribution in [3.8, 4) is 0 Å². The van der Waals surface area contributed by atoms with Gasteiger partial charge in [-0.1, -0.05) is 13.3 Å². The minimum absolute atomic E-state index is 0.0685. The van der Waals surface area contributed by atoms with Crippen LogP contribution in [0.4, 0.5) is 0 Å². The molecule has 0 aromatic heterocycles. The third kappa shape index (κ3) is 1.92. The molecule has 1 N–H and O–H groups in total. The molecule has 0 amide bonds. The molecule has 0 radical (unpaired) electrons. The average molecular weight is 240 g/mol. The lowest BCUT2D eigenvalue weighted by Crippen LogP contribution is -2.50. The molecule has 2 saturated heterocycles. The van der Waals surface area contributed by atoms with Crippen LogP contribution in [0.25, 0.3) is 0 Å². The molecular weight excluding hydrogens is 216 g/mol. The van der Waals surface area contributed by atoms with E-state index in [-0.39, 0.29) is 5.60 Å². The van der Waals surface area contributed by atoms with Gasteiger partial charge in [-0.2, -0.15) is 0 Å². The van der Waals surface area contributed by atoms with E-state index in [0.717, 1.165) is 45.5 Å². The molecule has 0 bridgehead atoms. The SMILES string of the molecule is CC1CCCC1(O)C1CCOC2(CCOC2)C1. The van der Waals surface area contributed by atoms with Crippen LogP contribution in [-0.2, 0) is 9.47 Å². The monoisotopic (exact) mass is 240 g/mol. The van der Waals surface area contributed by atoms with Gasteiger partial charge < -0.3 is 14.6 Å². The van der Waals surface area contributed by atoms with Crippen molar-refractivity contribution in [3.63, 3.8) is 0 Å². The van der Waals surface area contributed by atoms with E-state index in [1.165, 1.54) is 12.8 Å². The molecule has 3 rings (SSSR count). The second kappa shape index (κ2) is 4.22. The largest absolute Gasteiger partial charge is 0.389 e. The first-order chi connectivity index (χ1) is 8.15. The van der Waals surface area contributed by atoms with Gasteiger partial charge in [-0.05, 0) is 37.5 Å². The van der Waals surface area contributed by atoms with Crippen LogP contribution in [0, 0.1) is 11.8 Å². The summed E-state index contributed by atoms with van der Waals surface area (Å²) in [5.74, 6) is 0.862. The Balaban J connectivity index is 1.75. The van der Waals surface area contributed by atoms with Crippen molar-refractivity contribution >= 4 is 0 Å².